The van der Waals surface area contributed by atoms with E-state index in [0.29, 0.717) is 11.7 Å². The van der Waals surface area contributed by atoms with E-state index in [1.807, 2.05) is 6.92 Å². The van der Waals surface area contributed by atoms with Crippen molar-refractivity contribution in [3.05, 3.63) is 17.7 Å². The van der Waals surface area contributed by atoms with Gasteiger partial charge in [-0.3, -0.25) is 0 Å². The highest BCUT2D eigenvalue weighted by molar-refractivity contribution is 7.80. The van der Waals surface area contributed by atoms with Crippen LogP contribution in [-0.4, -0.2) is 22.1 Å². The summed E-state index contributed by atoms with van der Waals surface area (Å²) in [6, 6.07) is 0. The number of H-pyrrole nitrogens is 1. The zero-order chi connectivity index (χ0) is 8.97. The lowest BCUT2D eigenvalue weighted by Gasteiger charge is -2.04. The van der Waals surface area contributed by atoms with Crippen LogP contribution in [0.15, 0.2) is 6.33 Å². The fourth-order valence-electron chi connectivity index (χ4n) is 0.818. The molecule has 1 rings (SSSR count). The number of aromatic nitrogens is 2. The topological polar surface area (TPSA) is 52.7 Å². The van der Waals surface area contributed by atoms with Crippen molar-refractivity contribution in [1.82, 2.24) is 20.6 Å². The molecule has 0 aliphatic rings. The molecule has 0 radical (unpaired) electrons. The first kappa shape index (κ1) is 8.99. The Balaban J connectivity index is 2.43. The van der Waals surface area contributed by atoms with Gasteiger partial charge in [0.1, 0.15) is 0 Å². The summed E-state index contributed by atoms with van der Waals surface area (Å²) in [5.74, 6) is 0. The third-order valence-electron chi connectivity index (χ3n) is 1.58. The number of nitrogens with zero attached hydrogens (tertiary/aromatic N) is 1. The van der Waals surface area contributed by atoms with Gasteiger partial charge in [-0.1, -0.05) is 0 Å². The van der Waals surface area contributed by atoms with Crippen molar-refractivity contribution in [2.45, 2.75) is 13.5 Å². The summed E-state index contributed by atoms with van der Waals surface area (Å²) < 4.78 is 0. The van der Waals surface area contributed by atoms with Gasteiger partial charge in [0.25, 0.3) is 0 Å². The molecule has 0 bridgehead atoms. The number of thiocarbonyl (C=S) groups is 1. The lowest BCUT2D eigenvalue weighted by atomic mass is 10.3. The third-order valence-corrected chi connectivity index (χ3v) is 1.93. The van der Waals surface area contributed by atoms with Crippen LogP contribution in [0.1, 0.15) is 11.4 Å². The van der Waals surface area contributed by atoms with Crippen LogP contribution in [0, 0.1) is 6.92 Å². The lowest BCUT2D eigenvalue weighted by Crippen LogP contribution is -2.32. The minimum absolute atomic E-state index is 0.636. The smallest absolute Gasteiger partial charge is 0.166 e. The van der Waals surface area contributed by atoms with E-state index in [9.17, 15) is 0 Å². The third kappa shape index (κ3) is 2.20. The summed E-state index contributed by atoms with van der Waals surface area (Å²) in [6.45, 7) is 2.64. The highest BCUT2D eigenvalue weighted by Gasteiger charge is 1.99. The molecule has 0 amide bonds. The van der Waals surface area contributed by atoms with Crippen molar-refractivity contribution < 1.29 is 0 Å². The first-order chi connectivity index (χ1) is 5.74. The Morgan fingerprint density at radius 1 is 1.75 bits per heavy atom. The van der Waals surface area contributed by atoms with Crippen LogP contribution in [0.2, 0.25) is 0 Å². The standard InChI is InChI=1S/C7H12N4S/c1-5-6(11-4-10-5)3-9-7(12)8-2/h4H,3H2,1-2H3,(H,10,11)(H2,8,9,12). The van der Waals surface area contributed by atoms with Crippen LogP contribution in [0.3, 0.4) is 0 Å². The number of hydrogen-bond donors (Lipinski definition) is 3. The molecule has 1 aromatic heterocycles. The second kappa shape index (κ2) is 4.06. The summed E-state index contributed by atoms with van der Waals surface area (Å²) >= 11 is 4.91. The molecule has 5 heteroatoms. The van der Waals surface area contributed by atoms with Crippen molar-refractivity contribution in [2.24, 2.45) is 0 Å². The van der Waals surface area contributed by atoms with Crippen molar-refractivity contribution >= 4 is 17.3 Å². The SMILES string of the molecule is CNC(=S)NCc1nc[nH]c1C. The van der Waals surface area contributed by atoms with Crippen molar-refractivity contribution in [1.29, 1.82) is 0 Å². The van der Waals surface area contributed by atoms with Gasteiger partial charge in [-0.05, 0) is 19.1 Å². The normalized spacial score (nSPS) is 9.50. The van der Waals surface area contributed by atoms with E-state index in [2.05, 4.69) is 20.6 Å². The molecule has 0 aliphatic carbocycles. The first-order valence-corrected chi connectivity index (χ1v) is 4.09. The zero-order valence-corrected chi connectivity index (χ0v) is 7.96. The molecule has 1 aromatic rings. The van der Waals surface area contributed by atoms with Gasteiger partial charge in [-0.15, -0.1) is 0 Å². The van der Waals surface area contributed by atoms with Gasteiger partial charge in [0.2, 0.25) is 0 Å². The zero-order valence-electron chi connectivity index (χ0n) is 7.14. The van der Waals surface area contributed by atoms with E-state index in [-0.39, 0.29) is 0 Å². The first-order valence-electron chi connectivity index (χ1n) is 3.68. The molecule has 0 saturated heterocycles. The number of rotatable bonds is 2. The van der Waals surface area contributed by atoms with Gasteiger partial charge >= 0.3 is 0 Å². The van der Waals surface area contributed by atoms with E-state index in [1.165, 1.54) is 0 Å². The highest BCUT2D eigenvalue weighted by Crippen LogP contribution is 1.98. The molecule has 0 aliphatic heterocycles. The summed E-state index contributed by atoms with van der Waals surface area (Å²) in [6.07, 6.45) is 1.68. The maximum atomic E-state index is 4.91. The Morgan fingerprint density at radius 2 is 2.50 bits per heavy atom. The van der Waals surface area contributed by atoms with E-state index >= 15 is 0 Å². The Labute approximate surface area is 76.8 Å². The van der Waals surface area contributed by atoms with Crippen molar-refractivity contribution in [2.75, 3.05) is 7.05 Å². The summed E-state index contributed by atoms with van der Waals surface area (Å²) in [5, 5.41) is 6.48. The number of aromatic amines is 1. The Kier molecular flexibility index (Phi) is 3.04. The molecule has 0 fully saturated rings. The van der Waals surface area contributed by atoms with Crippen LogP contribution in [0.5, 0.6) is 0 Å². The van der Waals surface area contributed by atoms with E-state index in [1.54, 1.807) is 13.4 Å². The van der Waals surface area contributed by atoms with Gasteiger partial charge < -0.3 is 15.6 Å². The van der Waals surface area contributed by atoms with Crippen molar-refractivity contribution in [3.63, 3.8) is 0 Å². The lowest BCUT2D eigenvalue weighted by molar-refractivity contribution is 0.856. The minimum Gasteiger partial charge on any atom is -0.366 e. The molecular weight excluding hydrogens is 172 g/mol. The fourth-order valence-corrected chi connectivity index (χ4v) is 0.890. The van der Waals surface area contributed by atoms with E-state index in [0.717, 1.165) is 11.4 Å². The van der Waals surface area contributed by atoms with Gasteiger partial charge in [-0.2, -0.15) is 0 Å². The van der Waals surface area contributed by atoms with Gasteiger partial charge in [0.05, 0.1) is 18.6 Å². The van der Waals surface area contributed by atoms with Crippen molar-refractivity contribution in [3.8, 4) is 0 Å². The largest absolute Gasteiger partial charge is 0.366 e. The quantitative estimate of drug-likeness (QED) is 0.579. The maximum Gasteiger partial charge on any atom is 0.166 e. The minimum atomic E-state index is 0.636. The maximum absolute atomic E-state index is 4.91. The Bertz CT molecular complexity index is 268. The molecule has 4 nitrogen and oxygen atoms in total. The number of aryl methyl sites for hydroxylation is 1. The average Bonchev–Trinajstić information content (AvgIpc) is 2.47. The molecule has 12 heavy (non-hydrogen) atoms. The van der Waals surface area contributed by atoms with Gasteiger partial charge in [0.15, 0.2) is 5.11 Å². The molecule has 0 unspecified atom stereocenters. The molecule has 0 saturated carbocycles. The average molecular weight is 184 g/mol. The molecule has 1 heterocycles. The van der Waals surface area contributed by atoms with Crippen LogP contribution < -0.4 is 10.6 Å². The van der Waals surface area contributed by atoms with Crippen LogP contribution in [0.4, 0.5) is 0 Å². The monoisotopic (exact) mass is 184 g/mol. The molecule has 3 N–H and O–H groups in total. The molecule has 0 aromatic carbocycles. The molecular formula is C7H12N4S. The predicted octanol–water partition coefficient (Wildman–Crippen LogP) is 0.312. The number of nitrogens with one attached hydrogen (secondary N) is 3. The summed E-state index contributed by atoms with van der Waals surface area (Å²) in [4.78, 5) is 7.11. The van der Waals surface area contributed by atoms with E-state index in [4.69, 9.17) is 12.2 Å². The molecule has 0 spiro atoms. The fraction of sp³-hybridized carbons (Fsp3) is 0.429. The summed E-state index contributed by atoms with van der Waals surface area (Å²) in [7, 11) is 1.78. The molecule has 66 valence electrons. The number of hydrogen-bond acceptors (Lipinski definition) is 2. The van der Waals surface area contributed by atoms with Gasteiger partial charge in [0, 0.05) is 12.7 Å². The van der Waals surface area contributed by atoms with E-state index < -0.39 is 0 Å². The second-order valence-corrected chi connectivity index (χ2v) is 2.82. The molecule has 0 atom stereocenters. The number of imidazole rings is 1. The summed E-state index contributed by atoms with van der Waals surface area (Å²) in [5.41, 5.74) is 2.06. The Morgan fingerprint density at radius 3 is 3.00 bits per heavy atom. The predicted molar refractivity (Wildman–Crippen MR) is 51.8 cm³/mol. The van der Waals surface area contributed by atoms with Crippen LogP contribution in [-0.2, 0) is 6.54 Å². The van der Waals surface area contributed by atoms with Gasteiger partial charge in [-0.25, -0.2) is 4.98 Å². The second-order valence-electron chi connectivity index (χ2n) is 2.41. The Hall–Kier alpha value is -1.10. The van der Waals surface area contributed by atoms with Crippen LogP contribution >= 0.6 is 12.2 Å². The van der Waals surface area contributed by atoms with Crippen LogP contribution in [0.25, 0.3) is 0 Å². The highest BCUT2D eigenvalue weighted by atomic mass is 32.1.